The molecule has 2 fully saturated rings. The molecule has 0 bridgehead atoms. The number of unbranched alkanes of at least 4 members (excludes halogenated alkanes) is 5. The van der Waals surface area contributed by atoms with Crippen molar-refractivity contribution >= 4 is 29.5 Å². The van der Waals surface area contributed by atoms with Gasteiger partial charge in [0.15, 0.2) is 0 Å². The second-order valence-electron chi connectivity index (χ2n) is 11.1. The quantitative estimate of drug-likeness (QED) is 0.316. The van der Waals surface area contributed by atoms with E-state index in [0.717, 1.165) is 49.6 Å². The predicted molar refractivity (Wildman–Crippen MR) is 137 cm³/mol. The summed E-state index contributed by atoms with van der Waals surface area (Å²) in [5, 5.41) is 0. The fraction of sp³-hybridized carbons (Fsp3) is 0.815. The molecule has 34 heavy (non-hydrogen) atoms. The largest absolute Gasteiger partial charge is 0.468 e. The molecule has 0 aromatic heterocycles. The van der Waals surface area contributed by atoms with Gasteiger partial charge in [-0.1, -0.05) is 59.0 Å². The first kappa shape index (κ1) is 27.1. The molecule has 1 aliphatic carbocycles. The lowest BCUT2D eigenvalue weighted by Crippen LogP contribution is -2.56. The van der Waals surface area contributed by atoms with E-state index in [1.807, 2.05) is 21.6 Å². The molecule has 0 radical (unpaired) electrons. The third-order valence-corrected chi connectivity index (χ3v) is 8.66. The minimum absolute atomic E-state index is 0.0128. The Hall–Kier alpha value is -1.50. The maximum atomic E-state index is 13.7. The number of carbonyl (C=O) groups excluding carboxylic acids is 3. The highest BCUT2D eigenvalue weighted by molar-refractivity contribution is 7.99. The number of thioether (sulfide) groups is 1. The highest BCUT2D eigenvalue weighted by Gasteiger charge is 2.57. The minimum Gasteiger partial charge on any atom is -0.468 e. The number of rotatable bonds is 10. The molecule has 7 heteroatoms. The number of esters is 1. The molecule has 0 aromatic rings. The van der Waals surface area contributed by atoms with Crippen LogP contribution in [0.4, 0.5) is 0 Å². The summed E-state index contributed by atoms with van der Waals surface area (Å²) in [6.45, 7) is 8.65. The SMILES string of the molecule is CCCCCCCCN1C(=O)[C@H](CC(=O)N2CCSCC2)C[C@@]2(C(=O)OC)CC(C)(C)CC=C12. The van der Waals surface area contributed by atoms with Crippen molar-refractivity contribution in [2.24, 2.45) is 16.7 Å². The topological polar surface area (TPSA) is 66.9 Å². The van der Waals surface area contributed by atoms with Crippen LogP contribution in [0, 0.1) is 16.7 Å². The Balaban J connectivity index is 1.84. The van der Waals surface area contributed by atoms with Crippen molar-refractivity contribution in [2.75, 3.05) is 38.2 Å². The second kappa shape index (κ2) is 12.0. The standard InChI is InChI=1S/C27H44N2O4S/c1-5-6-7-8-9-10-13-29-22-11-12-26(2,3)20-27(22,25(32)33-4)19-21(24(29)31)18-23(30)28-14-16-34-17-15-28/h11,21H,5-10,12-20H2,1-4H3/t21-,27-/m1/s1. The van der Waals surface area contributed by atoms with Crippen molar-refractivity contribution in [3.63, 3.8) is 0 Å². The lowest BCUT2D eigenvalue weighted by Gasteiger charge is -2.51. The molecule has 2 saturated heterocycles. The molecule has 0 aromatic carbocycles. The van der Waals surface area contributed by atoms with Crippen molar-refractivity contribution in [3.8, 4) is 0 Å². The van der Waals surface area contributed by atoms with E-state index in [1.165, 1.54) is 32.8 Å². The van der Waals surface area contributed by atoms with Crippen LogP contribution in [0.5, 0.6) is 0 Å². The lowest BCUT2D eigenvalue weighted by atomic mass is 9.59. The molecule has 3 rings (SSSR count). The van der Waals surface area contributed by atoms with Crippen molar-refractivity contribution in [2.45, 2.75) is 85.0 Å². The van der Waals surface area contributed by atoms with Crippen LogP contribution in [0.25, 0.3) is 0 Å². The number of hydrogen-bond acceptors (Lipinski definition) is 5. The molecule has 2 aliphatic heterocycles. The molecule has 0 unspecified atom stereocenters. The Bertz CT molecular complexity index is 775. The van der Waals surface area contributed by atoms with Crippen LogP contribution in [0.2, 0.25) is 0 Å². The van der Waals surface area contributed by atoms with Gasteiger partial charge in [0, 0.05) is 49.2 Å². The summed E-state index contributed by atoms with van der Waals surface area (Å²) in [6.07, 6.45) is 11.0. The van der Waals surface area contributed by atoms with Crippen LogP contribution < -0.4 is 0 Å². The Morgan fingerprint density at radius 2 is 1.79 bits per heavy atom. The van der Waals surface area contributed by atoms with Crippen LogP contribution in [0.15, 0.2) is 11.8 Å². The van der Waals surface area contributed by atoms with Gasteiger partial charge >= 0.3 is 5.97 Å². The van der Waals surface area contributed by atoms with Crippen LogP contribution in [-0.4, -0.2) is 65.8 Å². The number of amides is 2. The van der Waals surface area contributed by atoms with Gasteiger partial charge in [-0.2, -0.15) is 11.8 Å². The zero-order chi connectivity index (χ0) is 24.8. The smallest absolute Gasteiger partial charge is 0.317 e. The van der Waals surface area contributed by atoms with Crippen LogP contribution >= 0.6 is 11.8 Å². The maximum absolute atomic E-state index is 13.7. The van der Waals surface area contributed by atoms with Gasteiger partial charge in [-0.3, -0.25) is 14.4 Å². The summed E-state index contributed by atoms with van der Waals surface area (Å²) in [5.74, 6) is 1.20. The summed E-state index contributed by atoms with van der Waals surface area (Å²) in [6, 6.07) is 0. The first-order valence-corrected chi connectivity index (χ1v) is 14.4. The van der Waals surface area contributed by atoms with E-state index in [2.05, 4.69) is 26.8 Å². The number of piperidine rings is 1. The Kier molecular flexibility index (Phi) is 9.53. The van der Waals surface area contributed by atoms with Gasteiger partial charge in [0.2, 0.25) is 11.8 Å². The van der Waals surface area contributed by atoms with E-state index in [9.17, 15) is 14.4 Å². The summed E-state index contributed by atoms with van der Waals surface area (Å²) in [7, 11) is 1.44. The molecule has 0 saturated carbocycles. The molecule has 6 nitrogen and oxygen atoms in total. The van der Waals surface area contributed by atoms with Crippen LogP contribution in [0.3, 0.4) is 0 Å². The highest BCUT2D eigenvalue weighted by Crippen LogP contribution is 2.54. The number of hydrogen-bond donors (Lipinski definition) is 0. The first-order chi connectivity index (χ1) is 16.2. The predicted octanol–water partition coefficient (Wildman–Crippen LogP) is 5.02. The van der Waals surface area contributed by atoms with E-state index in [0.29, 0.717) is 19.4 Å². The summed E-state index contributed by atoms with van der Waals surface area (Å²) >= 11 is 1.86. The third-order valence-electron chi connectivity index (χ3n) is 7.72. The van der Waals surface area contributed by atoms with Gasteiger partial charge in [0.1, 0.15) is 5.41 Å². The molecule has 2 atom stereocenters. The average Bonchev–Trinajstić information content (AvgIpc) is 2.82. The second-order valence-corrected chi connectivity index (χ2v) is 12.3. The maximum Gasteiger partial charge on any atom is 0.317 e. The zero-order valence-electron chi connectivity index (χ0n) is 21.7. The number of methoxy groups -OCH3 is 1. The molecular weight excluding hydrogens is 448 g/mol. The zero-order valence-corrected chi connectivity index (χ0v) is 22.5. The van der Waals surface area contributed by atoms with Crippen LogP contribution in [0.1, 0.15) is 85.0 Å². The van der Waals surface area contributed by atoms with Crippen molar-refractivity contribution in [3.05, 3.63) is 11.8 Å². The molecule has 2 heterocycles. The molecular formula is C27H44N2O4S. The number of allylic oxidation sites excluding steroid dienone is 1. The van der Waals surface area contributed by atoms with Gasteiger partial charge in [-0.15, -0.1) is 0 Å². The number of likely N-dealkylation sites (tertiary alicyclic amines) is 1. The fourth-order valence-electron chi connectivity index (χ4n) is 5.99. The average molecular weight is 493 g/mol. The van der Waals surface area contributed by atoms with Crippen molar-refractivity contribution in [1.29, 1.82) is 0 Å². The van der Waals surface area contributed by atoms with Gasteiger partial charge in [-0.25, -0.2) is 0 Å². The monoisotopic (exact) mass is 492 g/mol. The van der Waals surface area contributed by atoms with Gasteiger partial charge in [0.05, 0.1) is 7.11 Å². The summed E-state index contributed by atoms with van der Waals surface area (Å²) in [4.78, 5) is 44.0. The normalized spacial score (nSPS) is 26.6. The van der Waals surface area contributed by atoms with E-state index in [-0.39, 0.29) is 29.6 Å². The molecule has 0 spiro atoms. The fourth-order valence-corrected chi connectivity index (χ4v) is 6.89. The summed E-state index contributed by atoms with van der Waals surface area (Å²) in [5.41, 5.74) is -0.0898. The van der Waals surface area contributed by atoms with E-state index in [4.69, 9.17) is 4.74 Å². The van der Waals surface area contributed by atoms with Gasteiger partial charge in [0.25, 0.3) is 0 Å². The Morgan fingerprint density at radius 3 is 2.47 bits per heavy atom. The first-order valence-electron chi connectivity index (χ1n) is 13.2. The number of nitrogens with zero attached hydrogens (tertiary/aromatic N) is 2. The molecule has 192 valence electrons. The Labute approximate surface area is 210 Å². The molecule has 2 amide bonds. The van der Waals surface area contributed by atoms with Gasteiger partial charge < -0.3 is 14.5 Å². The van der Waals surface area contributed by atoms with Crippen molar-refractivity contribution < 1.29 is 19.1 Å². The number of fused-ring (bicyclic) bond motifs is 1. The lowest BCUT2D eigenvalue weighted by molar-refractivity contribution is -0.162. The Morgan fingerprint density at radius 1 is 1.12 bits per heavy atom. The minimum atomic E-state index is -0.852. The summed E-state index contributed by atoms with van der Waals surface area (Å²) < 4.78 is 5.35. The van der Waals surface area contributed by atoms with E-state index in [1.54, 1.807) is 0 Å². The number of ether oxygens (including phenoxy) is 1. The van der Waals surface area contributed by atoms with Gasteiger partial charge in [-0.05, 0) is 31.1 Å². The van der Waals surface area contributed by atoms with Crippen LogP contribution in [-0.2, 0) is 19.1 Å². The van der Waals surface area contributed by atoms with E-state index >= 15 is 0 Å². The third kappa shape index (κ3) is 6.19. The number of carbonyl (C=O) groups is 3. The molecule has 0 N–H and O–H groups in total. The highest BCUT2D eigenvalue weighted by atomic mass is 32.2. The van der Waals surface area contributed by atoms with Crippen molar-refractivity contribution in [1.82, 2.24) is 9.80 Å². The van der Waals surface area contributed by atoms with E-state index < -0.39 is 11.3 Å². The molecule has 3 aliphatic rings.